The molecule has 0 bridgehead atoms. The minimum Gasteiger partial charge on any atom is -0.462 e. The van der Waals surface area contributed by atoms with Crippen molar-refractivity contribution in [3.63, 3.8) is 0 Å². The van der Waals surface area contributed by atoms with E-state index in [-0.39, 0.29) is 31.1 Å². The summed E-state index contributed by atoms with van der Waals surface area (Å²) in [6.45, 7) is 6.37. The Morgan fingerprint density at radius 2 is 0.611 bits per heavy atom. The molecule has 0 aromatic rings. The number of esters is 3. The molecule has 0 saturated carbocycles. The third kappa shape index (κ3) is 57.0. The standard InChI is InChI=1S/C66H110O6/c1-4-7-10-13-16-19-22-25-28-31-33-36-38-41-44-47-50-53-56-59-65(68)71-62-63(61-70-64(67)58-55-52-49-46-43-40-37-34-30-27-24-21-18-15-12-9-6-3)72-66(69)60-57-54-51-48-45-42-39-35-32-29-26-23-20-17-14-11-8-5-2/h7,9-10,12,15-16,18-19,21,24-25,27-28,30,34,37,40,43,63H,4-6,8,11,13-14,17,20,22-23,26,29,31-33,35-36,38-39,41-42,44-62H2,1-3H3/b10-7-,12-9-,18-15-,19-16-,24-21-,28-25-,30-27-,37-34+,43-40-. The maximum Gasteiger partial charge on any atom is 0.306 e. The molecule has 0 saturated heterocycles. The summed E-state index contributed by atoms with van der Waals surface area (Å²) in [7, 11) is 0. The van der Waals surface area contributed by atoms with Crippen LogP contribution in [0.2, 0.25) is 0 Å². The summed E-state index contributed by atoms with van der Waals surface area (Å²) < 4.78 is 16.9. The molecule has 72 heavy (non-hydrogen) atoms. The lowest BCUT2D eigenvalue weighted by Gasteiger charge is -2.18. The van der Waals surface area contributed by atoms with E-state index in [0.29, 0.717) is 19.3 Å². The zero-order valence-corrected chi connectivity index (χ0v) is 46.9. The summed E-state index contributed by atoms with van der Waals surface area (Å²) >= 11 is 0. The summed E-state index contributed by atoms with van der Waals surface area (Å²) in [6.07, 6.45) is 80.8. The average Bonchev–Trinajstić information content (AvgIpc) is 3.38. The summed E-state index contributed by atoms with van der Waals surface area (Å²) in [4.78, 5) is 38.3. The van der Waals surface area contributed by atoms with Gasteiger partial charge in [-0.2, -0.15) is 0 Å². The van der Waals surface area contributed by atoms with Gasteiger partial charge in [-0.3, -0.25) is 14.4 Å². The molecule has 0 aromatic carbocycles. The fourth-order valence-corrected chi connectivity index (χ4v) is 8.25. The second-order valence-corrected chi connectivity index (χ2v) is 19.7. The second kappa shape index (κ2) is 59.6. The Morgan fingerprint density at radius 3 is 1.03 bits per heavy atom. The lowest BCUT2D eigenvalue weighted by Crippen LogP contribution is -2.30. The Kier molecular flexibility index (Phi) is 56.4. The van der Waals surface area contributed by atoms with Crippen LogP contribution < -0.4 is 0 Å². The normalized spacial score (nSPS) is 12.9. The van der Waals surface area contributed by atoms with Gasteiger partial charge < -0.3 is 14.2 Å². The quantitative estimate of drug-likeness (QED) is 0.0199. The summed E-state index contributed by atoms with van der Waals surface area (Å²) in [5, 5.41) is 0. The molecule has 1 unspecified atom stereocenters. The van der Waals surface area contributed by atoms with Crippen molar-refractivity contribution in [1.82, 2.24) is 0 Å². The number of allylic oxidation sites excluding steroid dienone is 18. The van der Waals surface area contributed by atoms with Crippen LogP contribution >= 0.6 is 0 Å². The fourth-order valence-electron chi connectivity index (χ4n) is 8.25. The maximum atomic E-state index is 12.9. The number of carbonyl (C=O) groups excluding carboxylic acids is 3. The first-order valence-corrected chi connectivity index (χ1v) is 30.0. The average molecular weight is 1000 g/mol. The van der Waals surface area contributed by atoms with Gasteiger partial charge in [-0.1, -0.05) is 291 Å². The maximum absolute atomic E-state index is 12.9. The van der Waals surface area contributed by atoms with Gasteiger partial charge in [0.25, 0.3) is 0 Å². The Bertz CT molecular complexity index is 1470. The molecule has 0 aliphatic carbocycles. The molecule has 0 fully saturated rings. The van der Waals surface area contributed by atoms with Gasteiger partial charge in [-0.15, -0.1) is 0 Å². The highest BCUT2D eigenvalue weighted by Gasteiger charge is 2.19. The van der Waals surface area contributed by atoms with Gasteiger partial charge in [0.05, 0.1) is 0 Å². The van der Waals surface area contributed by atoms with Crippen LogP contribution in [0.5, 0.6) is 0 Å². The van der Waals surface area contributed by atoms with Crippen molar-refractivity contribution < 1.29 is 28.6 Å². The largest absolute Gasteiger partial charge is 0.462 e. The summed E-state index contributed by atoms with van der Waals surface area (Å²) in [6, 6.07) is 0. The van der Waals surface area contributed by atoms with Crippen LogP contribution in [0.3, 0.4) is 0 Å². The van der Waals surface area contributed by atoms with Crippen molar-refractivity contribution in [2.45, 2.75) is 277 Å². The number of hydrogen-bond donors (Lipinski definition) is 0. The second-order valence-electron chi connectivity index (χ2n) is 19.7. The zero-order chi connectivity index (χ0) is 52.2. The van der Waals surface area contributed by atoms with E-state index in [0.717, 1.165) is 89.9 Å². The molecule has 6 heteroatoms. The molecule has 0 rings (SSSR count). The molecule has 0 aromatic heterocycles. The molecular formula is C66H110O6. The minimum absolute atomic E-state index is 0.0949. The van der Waals surface area contributed by atoms with Crippen molar-refractivity contribution in [2.24, 2.45) is 0 Å². The van der Waals surface area contributed by atoms with E-state index in [1.54, 1.807) is 0 Å². The first kappa shape index (κ1) is 68.1. The Hall–Kier alpha value is -3.93. The third-order valence-electron chi connectivity index (χ3n) is 12.7. The van der Waals surface area contributed by atoms with E-state index in [1.165, 1.54) is 141 Å². The predicted molar refractivity (Wildman–Crippen MR) is 311 cm³/mol. The number of ether oxygens (including phenoxy) is 3. The van der Waals surface area contributed by atoms with Crippen LogP contribution in [-0.4, -0.2) is 37.2 Å². The number of unbranched alkanes of at least 4 members (excludes halogenated alkanes) is 29. The number of hydrogen-bond acceptors (Lipinski definition) is 6. The van der Waals surface area contributed by atoms with E-state index < -0.39 is 6.10 Å². The van der Waals surface area contributed by atoms with Crippen LogP contribution in [0.4, 0.5) is 0 Å². The number of rotatable bonds is 53. The van der Waals surface area contributed by atoms with Gasteiger partial charge in [-0.05, 0) is 70.6 Å². The van der Waals surface area contributed by atoms with Crippen LogP contribution in [0.25, 0.3) is 0 Å². The van der Waals surface area contributed by atoms with Crippen LogP contribution in [-0.2, 0) is 28.6 Å². The van der Waals surface area contributed by atoms with Gasteiger partial charge in [0, 0.05) is 19.3 Å². The Balaban J connectivity index is 4.46. The van der Waals surface area contributed by atoms with Crippen LogP contribution in [0, 0.1) is 0 Å². The molecule has 0 aliphatic rings. The van der Waals surface area contributed by atoms with Crippen LogP contribution in [0.15, 0.2) is 109 Å². The molecule has 0 radical (unpaired) electrons. The highest BCUT2D eigenvalue weighted by Crippen LogP contribution is 2.16. The fraction of sp³-hybridized carbons (Fsp3) is 0.682. The van der Waals surface area contributed by atoms with E-state index in [1.807, 2.05) is 60.8 Å². The molecule has 0 amide bonds. The molecular weight excluding hydrogens is 889 g/mol. The summed E-state index contributed by atoms with van der Waals surface area (Å²) in [5.41, 5.74) is 0. The smallest absolute Gasteiger partial charge is 0.306 e. The zero-order valence-electron chi connectivity index (χ0n) is 46.9. The molecule has 0 aliphatic heterocycles. The van der Waals surface area contributed by atoms with Crippen molar-refractivity contribution in [1.29, 1.82) is 0 Å². The first-order chi connectivity index (χ1) is 35.5. The molecule has 6 nitrogen and oxygen atoms in total. The van der Waals surface area contributed by atoms with Gasteiger partial charge in [0.15, 0.2) is 6.10 Å². The predicted octanol–water partition coefficient (Wildman–Crippen LogP) is 20.3. The first-order valence-electron chi connectivity index (χ1n) is 30.0. The molecule has 0 heterocycles. The SMILES string of the molecule is CC\C=C/C=C\C=C/C=C\C=C\C=C/CCCCCC(=O)OCC(COC(=O)CCCCCCCCCCC/C=C\C/C=C\C/C=C\CC)OC(=O)CCCCCCCCCCCCCCCCCCCC. The third-order valence-corrected chi connectivity index (χ3v) is 12.7. The lowest BCUT2D eigenvalue weighted by molar-refractivity contribution is -0.167. The van der Waals surface area contributed by atoms with E-state index >= 15 is 0 Å². The van der Waals surface area contributed by atoms with Gasteiger partial charge in [-0.25, -0.2) is 0 Å². The van der Waals surface area contributed by atoms with Gasteiger partial charge >= 0.3 is 17.9 Å². The summed E-state index contributed by atoms with van der Waals surface area (Å²) in [5.74, 6) is -0.938. The molecule has 1 atom stereocenters. The van der Waals surface area contributed by atoms with Crippen molar-refractivity contribution in [3.8, 4) is 0 Å². The van der Waals surface area contributed by atoms with E-state index in [9.17, 15) is 14.4 Å². The van der Waals surface area contributed by atoms with Crippen molar-refractivity contribution >= 4 is 17.9 Å². The Labute approximate surface area is 444 Å². The molecule has 0 spiro atoms. The van der Waals surface area contributed by atoms with Gasteiger partial charge in [0.1, 0.15) is 13.2 Å². The van der Waals surface area contributed by atoms with E-state index in [4.69, 9.17) is 14.2 Å². The minimum atomic E-state index is -0.800. The lowest BCUT2D eigenvalue weighted by atomic mass is 10.0. The van der Waals surface area contributed by atoms with Gasteiger partial charge in [0.2, 0.25) is 0 Å². The van der Waals surface area contributed by atoms with Crippen molar-refractivity contribution in [3.05, 3.63) is 109 Å². The number of carbonyl (C=O) groups is 3. The Morgan fingerprint density at radius 1 is 0.306 bits per heavy atom. The molecule has 410 valence electrons. The monoisotopic (exact) mass is 999 g/mol. The van der Waals surface area contributed by atoms with Crippen LogP contribution in [0.1, 0.15) is 271 Å². The molecule has 0 N–H and O–H groups in total. The van der Waals surface area contributed by atoms with E-state index in [2.05, 4.69) is 69.4 Å². The topological polar surface area (TPSA) is 78.9 Å². The highest BCUT2D eigenvalue weighted by atomic mass is 16.6. The highest BCUT2D eigenvalue weighted by molar-refractivity contribution is 5.71. The van der Waals surface area contributed by atoms with Crippen molar-refractivity contribution in [2.75, 3.05) is 13.2 Å².